The Morgan fingerprint density at radius 1 is 1.22 bits per heavy atom. The molecule has 0 aliphatic heterocycles. The molecule has 3 aromatic rings. The van der Waals surface area contributed by atoms with E-state index in [0.717, 1.165) is 17.8 Å². The fourth-order valence-corrected chi connectivity index (χ4v) is 3.18. The van der Waals surface area contributed by atoms with Gasteiger partial charge in [-0.25, -0.2) is 13.9 Å². The van der Waals surface area contributed by atoms with Gasteiger partial charge >= 0.3 is 16.5 Å². The monoisotopic (exact) mass is 549 g/mol. The molecular weight excluding hydrogens is 531 g/mol. The summed E-state index contributed by atoms with van der Waals surface area (Å²) in [6.07, 6.45) is 5.66. The topological polar surface area (TPSA) is 104 Å². The van der Waals surface area contributed by atoms with Crippen molar-refractivity contribution in [2.45, 2.75) is 37.6 Å². The van der Waals surface area contributed by atoms with Crippen LogP contribution in [0.1, 0.15) is 54.1 Å². The van der Waals surface area contributed by atoms with E-state index in [1.165, 1.54) is 55.8 Å². The van der Waals surface area contributed by atoms with Crippen molar-refractivity contribution in [2.24, 2.45) is 11.7 Å². The zero-order valence-electron chi connectivity index (χ0n) is 19.0. The van der Waals surface area contributed by atoms with Gasteiger partial charge in [-0.15, -0.1) is 23.0 Å². The Labute approximate surface area is 221 Å². The van der Waals surface area contributed by atoms with Crippen LogP contribution in [0.2, 0.25) is 0 Å². The average Bonchev–Trinajstić information content (AvgIpc) is 3.79. The molecule has 186 valence electrons. The molecule has 5 rings (SSSR count). The van der Waals surface area contributed by atoms with Crippen LogP contribution in [0.4, 0.5) is 8.78 Å². The fourth-order valence-electron chi connectivity index (χ4n) is 2.82. The molecule has 0 unspecified atom stereocenters. The second-order valence-corrected chi connectivity index (χ2v) is 8.75. The Morgan fingerprint density at radius 2 is 2.00 bits per heavy atom. The Morgan fingerprint density at radius 3 is 2.58 bits per heavy atom. The summed E-state index contributed by atoms with van der Waals surface area (Å²) < 4.78 is 31.2. The predicted octanol–water partition coefficient (Wildman–Crippen LogP) is 3.49. The molecule has 11 heteroatoms. The Hall–Kier alpha value is -3.24. The summed E-state index contributed by atoms with van der Waals surface area (Å²) in [6.45, 7) is 0. The van der Waals surface area contributed by atoms with Gasteiger partial charge in [0, 0.05) is 10.9 Å². The number of hydrogen-bond acceptors (Lipinski definition) is 8. The second-order valence-electron chi connectivity index (χ2n) is 7.98. The van der Waals surface area contributed by atoms with Crippen molar-refractivity contribution >= 4 is 17.6 Å². The molecule has 0 saturated heterocycles. The van der Waals surface area contributed by atoms with Crippen molar-refractivity contribution in [3.05, 3.63) is 52.0 Å². The minimum atomic E-state index is -2.75. The van der Waals surface area contributed by atoms with E-state index in [-0.39, 0.29) is 27.8 Å². The van der Waals surface area contributed by atoms with Crippen molar-refractivity contribution in [1.29, 1.82) is 0 Å². The van der Waals surface area contributed by atoms with E-state index in [2.05, 4.69) is 49.4 Å². The average molecular weight is 550 g/mol. The molecule has 2 aliphatic carbocycles. The van der Waals surface area contributed by atoms with Crippen LogP contribution in [0.15, 0.2) is 24.5 Å². The summed E-state index contributed by atoms with van der Waals surface area (Å²) in [6, 6.07) is 2.72. The van der Waals surface area contributed by atoms with Crippen molar-refractivity contribution in [3.63, 3.8) is 0 Å². The number of ether oxygens (including phenoxy) is 1. The number of hydrogen-bond donors (Lipinski definition) is 1. The molecule has 3 aromatic heterocycles. The van der Waals surface area contributed by atoms with E-state index < -0.39 is 17.7 Å². The number of aromatic nitrogens is 4. The van der Waals surface area contributed by atoms with Gasteiger partial charge in [0.2, 0.25) is 0 Å². The van der Waals surface area contributed by atoms with Crippen LogP contribution in [-0.2, 0) is 21.3 Å². The normalized spacial score (nSPS) is 14.6. The van der Waals surface area contributed by atoms with Gasteiger partial charge in [-0.3, -0.25) is 10.1 Å². The summed E-state index contributed by atoms with van der Waals surface area (Å²) in [5.41, 5.74) is 8.81. The summed E-state index contributed by atoms with van der Waals surface area (Å²) >= 11 is 1.37. The zero-order chi connectivity index (χ0) is 24.8. The third-order valence-electron chi connectivity index (χ3n) is 5.15. The second kappa shape index (κ2) is 12.1. The van der Waals surface area contributed by atoms with Crippen LogP contribution in [0.25, 0.3) is 11.1 Å². The number of nitrogens with zero attached hydrogens (tertiary/aromatic N) is 4. The van der Waals surface area contributed by atoms with Gasteiger partial charge in [0.15, 0.2) is 0 Å². The Balaban J connectivity index is 0.000000273. The number of methoxy groups -OCH3 is 1. The molecule has 0 spiro atoms. The number of halogens is 2. The number of rotatable bonds is 4. The molecule has 0 atom stereocenters. The van der Waals surface area contributed by atoms with Gasteiger partial charge < -0.3 is 31.6 Å². The van der Waals surface area contributed by atoms with E-state index in [1.807, 2.05) is 0 Å². The summed E-state index contributed by atoms with van der Waals surface area (Å²) in [5, 5.41) is 8.10. The van der Waals surface area contributed by atoms with Gasteiger partial charge in [0.25, 0.3) is 6.43 Å². The first kappa shape index (κ1) is 27.4. The van der Waals surface area contributed by atoms with Gasteiger partial charge in [-0.05, 0) is 43.2 Å². The Kier molecular flexibility index (Phi) is 9.22. The number of nitrogens with two attached hydrogens (primary N) is 1. The van der Waals surface area contributed by atoms with E-state index in [0.29, 0.717) is 22.7 Å². The van der Waals surface area contributed by atoms with Gasteiger partial charge in [-0.2, -0.15) is 0 Å². The molecule has 3 heterocycles. The third-order valence-corrected chi connectivity index (χ3v) is 5.70. The number of pyridine rings is 2. The molecule has 0 amide bonds. The SMILES string of the molecule is C(#CC1CC1)c1nn[c-]s1.COc1cnc(C(F)F)cc1-c1cc(C#CC2(N)CC2)ncc1[C-]=O.[Ni+2]. The van der Waals surface area contributed by atoms with Gasteiger partial charge in [-0.1, -0.05) is 23.7 Å². The fraction of sp³-hybridized carbons (Fsp3) is 0.320. The van der Waals surface area contributed by atoms with Gasteiger partial charge in [0.1, 0.15) is 11.4 Å². The van der Waals surface area contributed by atoms with Crippen molar-refractivity contribution in [1.82, 2.24) is 20.2 Å². The van der Waals surface area contributed by atoms with E-state index in [4.69, 9.17) is 10.5 Å². The number of alkyl halides is 2. The van der Waals surface area contributed by atoms with Gasteiger partial charge in [0.05, 0.1) is 30.8 Å². The molecule has 36 heavy (non-hydrogen) atoms. The minimum Gasteiger partial charge on any atom is -0.496 e. The third kappa shape index (κ3) is 7.38. The molecule has 2 aliphatic rings. The first-order valence-electron chi connectivity index (χ1n) is 10.6. The van der Waals surface area contributed by atoms with E-state index in [9.17, 15) is 13.6 Å². The molecule has 0 bridgehead atoms. The van der Waals surface area contributed by atoms with Crippen LogP contribution in [0, 0.1) is 35.1 Å². The molecule has 2 fully saturated rings. The first-order valence-corrected chi connectivity index (χ1v) is 11.5. The molecule has 2 N–H and O–H groups in total. The van der Waals surface area contributed by atoms with Crippen molar-refractivity contribution in [3.8, 4) is 40.6 Å². The van der Waals surface area contributed by atoms with Crippen LogP contribution in [0.3, 0.4) is 0 Å². The quantitative estimate of drug-likeness (QED) is 0.302. The standard InChI is InChI=1S/C18H14F2N3O2.C7H5N2S.Ni/c1-25-16-9-23-15(17(19)20)7-14(16)13-6-12(22-8-11(13)10-24)2-3-18(21)4-5-18;1-2-6(1)3-4-7-9-8-5-10-7;/h6-9,17H,4-5,21H2,1H3;6H,1-2H2;/q2*-1;+2. The Bertz CT molecular complexity index is 1340. The zero-order valence-corrected chi connectivity index (χ0v) is 20.8. The van der Waals surface area contributed by atoms with E-state index >= 15 is 0 Å². The largest absolute Gasteiger partial charge is 2.00 e. The van der Waals surface area contributed by atoms with Crippen molar-refractivity contribution < 1.29 is 34.8 Å². The molecule has 2 saturated carbocycles. The molecule has 0 aromatic carbocycles. The summed E-state index contributed by atoms with van der Waals surface area (Å²) in [7, 11) is 1.39. The minimum absolute atomic E-state index is 0. The molecule has 7 nitrogen and oxygen atoms in total. The summed E-state index contributed by atoms with van der Waals surface area (Å²) in [5.74, 6) is 12.7. The van der Waals surface area contributed by atoms with Crippen LogP contribution in [0.5, 0.6) is 5.75 Å². The maximum Gasteiger partial charge on any atom is 2.00 e. The molecule has 0 radical (unpaired) electrons. The smallest absolute Gasteiger partial charge is 0.496 e. The van der Waals surface area contributed by atoms with Crippen molar-refractivity contribution in [2.75, 3.05) is 7.11 Å². The number of carbonyl (C=O) groups excluding carboxylic acids is 1. The van der Waals surface area contributed by atoms with Crippen LogP contribution in [-0.4, -0.2) is 39.1 Å². The molecular formula is C25H19F2N5NiO2S. The summed E-state index contributed by atoms with van der Waals surface area (Å²) in [4.78, 5) is 19.0. The maximum absolute atomic E-state index is 13.0. The van der Waals surface area contributed by atoms with Crippen LogP contribution >= 0.6 is 11.3 Å². The van der Waals surface area contributed by atoms with Crippen LogP contribution < -0.4 is 10.5 Å². The van der Waals surface area contributed by atoms with E-state index in [1.54, 1.807) is 6.29 Å². The first-order chi connectivity index (χ1) is 16.9. The maximum atomic E-state index is 13.0. The predicted molar refractivity (Wildman–Crippen MR) is 125 cm³/mol.